The molecule has 0 fully saturated rings. The highest BCUT2D eigenvalue weighted by atomic mass is 15.3. The molecule has 14 heavy (non-hydrogen) atoms. The summed E-state index contributed by atoms with van der Waals surface area (Å²) in [6.45, 7) is 0. The van der Waals surface area contributed by atoms with Crippen molar-refractivity contribution < 1.29 is 0 Å². The Morgan fingerprint density at radius 1 is 1.43 bits per heavy atom. The molecule has 0 atom stereocenters. The van der Waals surface area contributed by atoms with E-state index in [9.17, 15) is 0 Å². The predicted molar refractivity (Wildman–Crippen MR) is 56.0 cm³/mol. The van der Waals surface area contributed by atoms with E-state index in [1.165, 1.54) is 0 Å². The van der Waals surface area contributed by atoms with Gasteiger partial charge in [-0.25, -0.2) is 0 Å². The Morgan fingerprint density at radius 2 is 2.29 bits per heavy atom. The highest BCUT2D eigenvalue weighted by Gasteiger charge is 2.05. The van der Waals surface area contributed by atoms with Crippen LogP contribution in [0.5, 0.6) is 0 Å². The Labute approximate surface area is 82.6 Å². The largest absolute Gasteiger partial charge is 0.372 e. The van der Waals surface area contributed by atoms with Crippen molar-refractivity contribution in [1.82, 2.24) is 14.8 Å². The molecule has 2 heterocycles. The molecule has 2 aromatic rings. The fourth-order valence-corrected chi connectivity index (χ4v) is 1.37. The van der Waals surface area contributed by atoms with Gasteiger partial charge in [0.25, 0.3) is 0 Å². The van der Waals surface area contributed by atoms with Crippen LogP contribution in [0.1, 0.15) is 0 Å². The normalized spacial score (nSPS) is 10.1. The minimum absolute atomic E-state index is 0.867. The summed E-state index contributed by atoms with van der Waals surface area (Å²) in [7, 11) is 3.78. The molecule has 2 rings (SSSR count). The number of aromatic nitrogens is 3. The Kier molecular flexibility index (Phi) is 2.18. The van der Waals surface area contributed by atoms with E-state index in [1.54, 1.807) is 6.20 Å². The van der Waals surface area contributed by atoms with Gasteiger partial charge in [0.1, 0.15) is 5.82 Å². The van der Waals surface area contributed by atoms with Gasteiger partial charge in [0.2, 0.25) is 0 Å². The smallest absolute Gasteiger partial charge is 0.148 e. The standard InChI is InChI=1S/C10H12N4/c1-11-10-6-9(14(2)13-10)8-4-3-5-12-7-8/h3-7H,1-2H3,(H,11,13). The van der Waals surface area contributed by atoms with Crippen LogP contribution < -0.4 is 5.32 Å². The van der Waals surface area contributed by atoms with Gasteiger partial charge in [-0.2, -0.15) is 5.10 Å². The molecule has 0 spiro atoms. The van der Waals surface area contributed by atoms with Crippen molar-refractivity contribution in [2.45, 2.75) is 0 Å². The average molecular weight is 188 g/mol. The Hall–Kier alpha value is -1.84. The molecular formula is C10H12N4. The summed E-state index contributed by atoms with van der Waals surface area (Å²) in [4.78, 5) is 4.08. The van der Waals surface area contributed by atoms with Gasteiger partial charge in [-0.3, -0.25) is 9.67 Å². The highest BCUT2D eigenvalue weighted by molar-refractivity contribution is 5.62. The first kappa shape index (κ1) is 8.74. The fraction of sp³-hybridized carbons (Fsp3) is 0.200. The van der Waals surface area contributed by atoms with Crippen molar-refractivity contribution in [3.8, 4) is 11.3 Å². The maximum Gasteiger partial charge on any atom is 0.148 e. The topological polar surface area (TPSA) is 42.7 Å². The molecule has 0 amide bonds. The van der Waals surface area contributed by atoms with E-state index in [2.05, 4.69) is 15.4 Å². The average Bonchev–Trinajstić information content (AvgIpc) is 2.61. The molecule has 0 saturated carbocycles. The summed E-state index contributed by atoms with van der Waals surface area (Å²) in [6.07, 6.45) is 3.59. The fourth-order valence-electron chi connectivity index (χ4n) is 1.37. The number of nitrogens with one attached hydrogen (secondary N) is 1. The van der Waals surface area contributed by atoms with Crippen LogP contribution in [0.25, 0.3) is 11.3 Å². The first-order valence-electron chi connectivity index (χ1n) is 4.43. The Morgan fingerprint density at radius 3 is 2.86 bits per heavy atom. The van der Waals surface area contributed by atoms with E-state index in [0.717, 1.165) is 17.1 Å². The van der Waals surface area contributed by atoms with Gasteiger partial charge in [0.05, 0.1) is 5.69 Å². The van der Waals surface area contributed by atoms with Crippen LogP contribution in [-0.2, 0) is 7.05 Å². The van der Waals surface area contributed by atoms with Crippen LogP contribution in [0.15, 0.2) is 30.6 Å². The molecule has 4 nitrogen and oxygen atoms in total. The molecule has 0 saturated heterocycles. The lowest BCUT2D eigenvalue weighted by atomic mass is 10.2. The lowest BCUT2D eigenvalue weighted by Crippen LogP contribution is -1.95. The maximum atomic E-state index is 4.28. The number of hydrogen-bond donors (Lipinski definition) is 1. The molecule has 0 aliphatic carbocycles. The second-order valence-corrected chi connectivity index (χ2v) is 3.03. The zero-order valence-electron chi connectivity index (χ0n) is 8.23. The van der Waals surface area contributed by atoms with E-state index < -0.39 is 0 Å². The van der Waals surface area contributed by atoms with Gasteiger partial charge in [-0.1, -0.05) is 0 Å². The van der Waals surface area contributed by atoms with Crippen LogP contribution >= 0.6 is 0 Å². The monoisotopic (exact) mass is 188 g/mol. The first-order chi connectivity index (χ1) is 6.81. The molecule has 2 aromatic heterocycles. The summed E-state index contributed by atoms with van der Waals surface area (Å²) in [5, 5.41) is 7.29. The van der Waals surface area contributed by atoms with Crippen molar-refractivity contribution in [1.29, 1.82) is 0 Å². The summed E-state index contributed by atoms with van der Waals surface area (Å²) >= 11 is 0. The number of hydrogen-bond acceptors (Lipinski definition) is 3. The molecule has 0 bridgehead atoms. The molecule has 0 radical (unpaired) electrons. The third kappa shape index (κ3) is 1.46. The van der Waals surface area contributed by atoms with E-state index in [0.29, 0.717) is 0 Å². The number of nitrogens with zero attached hydrogens (tertiary/aromatic N) is 3. The van der Waals surface area contributed by atoms with Crippen molar-refractivity contribution in [3.05, 3.63) is 30.6 Å². The van der Waals surface area contributed by atoms with Crippen molar-refractivity contribution >= 4 is 5.82 Å². The molecule has 4 heteroatoms. The molecule has 1 N–H and O–H groups in total. The number of anilines is 1. The molecule has 0 aliphatic heterocycles. The molecule has 0 aliphatic rings. The molecular weight excluding hydrogens is 176 g/mol. The van der Waals surface area contributed by atoms with Crippen molar-refractivity contribution in [2.24, 2.45) is 7.05 Å². The van der Waals surface area contributed by atoms with E-state index in [4.69, 9.17) is 0 Å². The summed E-state index contributed by atoms with van der Waals surface area (Å²) in [6, 6.07) is 5.93. The van der Waals surface area contributed by atoms with E-state index in [-0.39, 0.29) is 0 Å². The Bertz CT molecular complexity index is 419. The summed E-state index contributed by atoms with van der Waals surface area (Å²) < 4.78 is 1.84. The van der Waals surface area contributed by atoms with Gasteiger partial charge in [0, 0.05) is 38.1 Å². The van der Waals surface area contributed by atoms with E-state index >= 15 is 0 Å². The van der Waals surface area contributed by atoms with Crippen LogP contribution in [0.4, 0.5) is 5.82 Å². The second kappa shape index (κ2) is 3.49. The zero-order chi connectivity index (χ0) is 9.97. The van der Waals surface area contributed by atoms with Gasteiger partial charge in [-0.15, -0.1) is 0 Å². The lowest BCUT2D eigenvalue weighted by molar-refractivity contribution is 0.778. The first-order valence-corrected chi connectivity index (χ1v) is 4.43. The molecule has 0 unspecified atom stereocenters. The zero-order valence-corrected chi connectivity index (χ0v) is 8.23. The van der Waals surface area contributed by atoms with Crippen LogP contribution in [-0.4, -0.2) is 21.8 Å². The van der Waals surface area contributed by atoms with Gasteiger partial charge < -0.3 is 5.32 Å². The number of aryl methyl sites for hydroxylation is 1. The third-order valence-corrected chi connectivity index (χ3v) is 2.09. The number of rotatable bonds is 2. The summed E-state index contributed by atoms with van der Waals surface area (Å²) in [5.74, 6) is 0.867. The molecule has 72 valence electrons. The van der Waals surface area contributed by atoms with Crippen molar-refractivity contribution in [2.75, 3.05) is 12.4 Å². The minimum Gasteiger partial charge on any atom is -0.372 e. The highest BCUT2D eigenvalue weighted by Crippen LogP contribution is 2.20. The quantitative estimate of drug-likeness (QED) is 0.777. The van der Waals surface area contributed by atoms with Gasteiger partial charge in [-0.05, 0) is 12.1 Å². The molecule has 0 aromatic carbocycles. The third-order valence-electron chi connectivity index (χ3n) is 2.09. The lowest BCUT2D eigenvalue weighted by Gasteiger charge is -1.98. The van der Waals surface area contributed by atoms with E-state index in [1.807, 2.05) is 43.2 Å². The number of pyridine rings is 1. The predicted octanol–water partition coefficient (Wildman–Crippen LogP) is 1.52. The minimum atomic E-state index is 0.867. The van der Waals surface area contributed by atoms with Crippen LogP contribution in [0.2, 0.25) is 0 Å². The van der Waals surface area contributed by atoms with Crippen molar-refractivity contribution in [3.63, 3.8) is 0 Å². The van der Waals surface area contributed by atoms with Gasteiger partial charge >= 0.3 is 0 Å². The van der Waals surface area contributed by atoms with Gasteiger partial charge in [0.15, 0.2) is 0 Å². The summed E-state index contributed by atoms with van der Waals surface area (Å²) in [5.41, 5.74) is 2.13. The second-order valence-electron chi connectivity index (χ2n) is 3.03. The van der Waals surface area contributed by atoms with Crippen LogP contribution in [0.3, 0.4) is 0 Å². The van der Waals surface area contributed by atoms with Crippen LogP contribution in [0, 0.1) is 0 Å². The Balaban J connectivity index is 2.46. The maximum absolute atomic E-state index is 4.28. The SMILES string of the molecule is CNc1cc(-c2cccnc2)n(C)n1.